The topological polar surface area (TPSA) is 26.3 Å². The summed E-state index contributed by atoms with van der Waals surface area (Å²) in [6, 6.07) is 5.96. The van der Waals surface area contributed by atoms with Crippen LogP contribution in [0.25, 0.3) is 0 Å². The van der Waals surface area contributed by atoms with Crippen molar-refractivity contribution in [1.82, 2.24) is 0 Å². The van der Waals surface area contributed by atoms with Crippen LogP contribution in [-0.4, -0.2) is 5.34 Å². The molecule has 1 aromatic rings. The summed E-state index contributed by atoms with van der Waals surface area (Å²) in [7, 11) is -1.90. The molecule has 1 aromatic carbocycles. The van der Waals surface area contributed by atoms with Crippen LogP contribution in [0.2, 0.25) is 0 Å². The molecule has 0 spiro atoms. The van der Waals surface area contributed by atoms with Gasteiger partial charge in [0, 0.05) is 12.8 Å². The zero-order valence-electron chi connectivity index (χ0n) is 10.8. The third kappa shape index (κ3) is 3.00. The fourth-order valence-electron chi connectivity index (χ4n) is 1.83. The second-order valence-electron chi connectivity index (χ2n) is 4.22. The van der Waals surface area contributed by atoms with Crippen LogP contribution in [0.5, 0.6) is 5.75 Å². The molecule has 94 valence electrons. The van der Waals surface area contributed by atoms with Gasteiger partial charge in [-0.2, -0.15) is 0 Å². The normalized spacial score (nSPS) is 12.4. The Morgan fingerprint density at radius 2 is 1.71 bits per heavy atom. The lowest BCUT2D eigenvalue weighted by atomic mass is 10.1. The van der Waals surface area contributed by atoms with Crippen LogP contribution in [0.15, 0.2) is 18.2 Å². The summed E-state index contributed by atoms with van der Waals surface area (Å²) < 4.78 is 17.8. The number of ether oxygens (including phenoxy) is 1. The quantitative estimate of drug-likeness (QED) is 0.691. The minimum Gasteiger partial charge on any atom is -0.443 e. The highest BCUT2D eigenvalue weighted by molar-refractivity contribution is 7.74. The molecule has 0 heterocycles. The maximum absolute atomic E-state index is 11.7. The van der Waals surface area contributed by atoms with Gasteiger partial charge in [-0.05, 0) is 29.5 Å². The number of hydrogen-bond donors (Lipinski definition) is 0. The van der Waals surface area contributed by atoms with E-state index in [1.165, 1.54) is 0 Å². The Bertz CT molecular complexity index is 394. The standard InChI is InChI=1S/C13H19ClO2P/c1-5-13(6-2,17(14)15)16-12-10(3)8-7-9-11(12)4/h7-9H,5-6H2,1-4H3/q+1. The molecule has 1 atom stereocenters. The molecule has 0 bridgehead atoms. The molecule has 0 amide bonds. The zero-order chi connectivity index (χ0) is 13.1. The number of halogens is 1. The van der Waals surface area contributed by atoms with Gasteiger partial charge in [-0.3, -0.25) is 0 Å². The third-order valence-electron chi connectivity index (χ3n) is 3.13. The molecule has 0 aliphatic heterocycles. The van der Waals surface area contributed by atoms with Crippen LogP contribution >= 0.6 is 18.4 Å². The van der Waals surface area contributed by atoms with E-state index < -0.39 is 12.5 Å². The van der Waals surface area contributed by atoms with Crippen molar-refractivity contribution in [3.8, 4) is 5.75 Å². The molecule has 1 unspecified atom stereocenters. The van der Waals surface area contributed by atoms with Gasteiger partial charge in [0.2, 0.25) is 11.2 Å². The molecule has 0 aromatic heterocycles. The van der Waals surface area contributed by atoms with Gasteiger partial charge in [0.05, 0.1) is 0 Å². The summed E-state index contributed by atoms with van der Waals surface area (Å²) in [5, 5.41) is -0.756. The fraction of sp³-hybridized carbons (Fsp3) is 0.538. The van der Waals surface area contributed by atoms with Gasteiger partial charge >= 0.3 is 12.5 Å². The van der Waals surface area contributed by atoms with Crippen molar-refractivity contribution < 1.29 is 9.30 Å². The van der Waals surface area contributed by atoms with Crippen molar-refractivity contribution in [3.05, 3.63) is 29.3 Å². The first-order chi connectivity index (χ1) is 7.96. The smallest absolute Gasteiger partial charge is 0.443 e. The van der Waals surface area contributed by atoms with E-state index in [1.54, 1.807) is 0 Å². The molecule has 0 N–H and O–H groups in total. The summed E-state index contributed by atoms with van der Waals surface area (Å²) >= 11 is 5.84. The molecular formula is C13H19ClO2P+. The predicted molar refractivity (Wildman–Crippen MR) is 73.3 cm³/mol. The van der Waals surface area contributed by atoms with E-state index in [2.05, 4.69) is 0 Å². The maximum atomic E-state index is 11.7. The van der Waals surface area contributed by atoms with Gasteiger partial charge in [0.15, 0.2) is 0 Å². The van der Waals surface area contributed by atoms with E-state index in [0.717, 1.165) is 16.9 Å². The molecule has 4 heteroatoms. The Morgan fingerprint density at radius 1 is 1.24 bits per heavy atom. The molecule has 0 aliphatic carbocycles. The minimum absolute atomic E-state index is 0.635. The summed E-state index contributed by atoms with van der Waals surface area (Å²) in [5.74, 6) is 0.806. The van der Waals surface area contributed by atoms with Crippen LogP contribution in [0, 0.1) is 13.8 Å². The van der Waals surface area contributed by atoms with E-state index in [4.69, 9.17) is 16.0 Å². The first-order valence-corrected chi connectivity index (χ1v) is 8.01. The Morgan fingerprint density at radius 3 is 2.06 bits per heavy atom. The molecular weight excluding hydrogens is 255 g/mol. The fourth-order valence-corrected chi connectivity index (χ4v) is 3.31. The van der Waals surface area contributed by atoms with Crippen molar-refractivity contribution in [2.75, 3.05) is 0 Å². The van der Waals surface area contributed by atoms with Crippen molar-refractivity contribution >= 4 is 18.4 Å². The number of rotatable bonds is 5. The second-order valence-corrected chi connectivity index (χ2v) is 6.45. The summed E-state index contributed by atoms with van der Waals surface area (Å²) in [6.45, 7) is 7.87. The van der Waals surface area contributed by atoms with Crippen LogP contribution in [0.3, 0.4) is 0 Å². The summed E-state index contributed by atoms with van der Waals surface area (Å²) in [5.41, 5.74) is 2.09. The van der Waals surface area contributed by atoms with Gasteiger partial charge in [0.25, 0.3) is 0 Å². The summed E-state index contributed by atoms with van der Waals surface area (Å²) in [4.78, 5) is 0. The molecule has 17 heavy (non-hydrogen) atoms. The van der Waals surface area contributed by atoms with Crippen LogP contribution < -0.4 is 4.74 Å². The molecule has 0 radical (unpaired) electrons. The van der Waals surface area contributed by atoms with Crippen molar-refractivity contribution in [2.24, 2.45) is 0 Å². The highest BCUT2D eigenvalue weighted by Gasteiger charge is 2.48. The molecule has 1 rings (SSSR count). The SMILES string of the molecule is CCC(CC)(Oc1c(C)cccc1C)[P+](=O)Cl. The Labute approximate surface area is 109 Å². The van der Waals surface area contributed by atoms with Crippen LogP contribution in [0.4, 0.5) is 0 Å². The number of hydrogen-bond acceptors (Lipinski definition) is 2. The highest BCUT2D eigenvalue weighted by Crippen LogP contribution is 2.49. The van der Waals surface area contributed by atoms with Gasteiger partial charge < -0.3 is 4.74 Å². The van der Waals surface area contributed by atoms with Gasteiger partial charge in [0.1, 0.15) is 5.75 Å². The van der Waals surface area contributed by atoms with Crippen LogP contribution in [-0.2, 0) is 4.57 Å². The first kappa shape index (κ1) is 14.5. The van der Waals surface area contributed by atoms with E-state index >= 15 is 0 Å². The van der Waals surface area contributed by atoms with Crippen LogP contribution in [0.1, 0.15) is 37.8 Å². The van der Waals surface area contributed by atoms with Gasteiger partial charge in [-0.15, -0.1) is 0 Å². The van der Waals surface area contributed by atoms with Crippen molar-refractivity contribution in [2.45, 2.75) is 45.9 Å². The highest BCUT2D eigenvalue weighted by atomic mass is 35.7. The van der Waals surface area contributed by atoms with E-state index in [0.29, 0.717) is 12.8 Å². The maximum Gasteiger partial charge on any atom is 0.502 e. The Hall–Kier alpha value is -0.590. The molecule has 0 saturated carbocycles. The van der Waals surface area contributed by atoms with E-state index in [-0.39, 0.29) is 0 Å². The monoisotopic (exact) mass is 273 g/mol. The van der Waals surface area contributed by atoms with Crippen molar-refractivity contribution in [1.29, 1.82) is 0 Å². The van der Waals surface area contributed by atoms with E-state index in [1.807, 2.05) is 45.9 Å². The largest absolute Gasteiger partial charge is 0.502 e. The molecule has 0 fully saturated rings. The number of para-hydroxylation sites is 1. The lowest BCUT2D eigenvalue weighted by Gasteiger charge is -2.23. The molecule has 0 saturated heterocycles. The molecule has 0 aliphatic rings. The number of aryl methyl sites for hydroxylation is 2. The average Bonchev–Trinajstić information content (AvgIpc) is 2.29. The molecule has 2 nitrogen and oxygen atoms in total. The minimum atomic E-state index is -1.90. The first-order valence-electron chi connectivity index (χ1n) is 5.85. The van der Waals surface area contributed by atoms with Crippen molar-refractivity contribution in [3.63, 3.8) is 0 Å². The Balaban J connectivity index is 3.14. The third-order valence-corrected chi connectivity index (χ3v) is 5.41. The zero-order valence-corrected chi connectivity index (χ0v) is 12.4. The van der Waals surface area contributed by atoms with E-state index in [9.17, 15) is 4.57 Å². The second kappa shape index (κ2) is 5.84. The lowest BCUT2D eigenvalue weighted by molar-refractivity contribution is 0.145. The lowest BCUT2D eigenvalue weighted by Crippen LogP contribution is -2.30. The van der Waals surface area contributed by atoms with Gasteiger partial charge in [-0.1, -0.05) is 32.0 Å². The Kier molecular flexibility index (Phi) is 4.97. The summed E-state index contributed by atoms with van der Waals surface area (Å²) in [6.07, 6.45) is 1.27. The average molecular weight is 274 g/mol. The predicted octanol–water partition coefficient (Wildman–Crippen LogP) is 5.18. The van der Waals surface area contributed by atoms with Gasteiger partial charge in [-0.25, -0.2) is 0 Å². The number of benzene rings is 1.